The maximum Gasteiger partial charge on any atom is 0.377 e. The number of aliphatic hydroxyl groups excluding tert-OH is 1. The average Bonchev–Trinajstić information content (AvgIpc) is 2.41. The van der Waals surface area contributed by atoms with Gasteiger partial charge in [-0.1, -0.05) is 0 Å². The summed E-state index contributed by atoms with van der Waals surface area (Å²) in [4.78, 5) is 24.1. The summed E-state index contributed by atoms with van der Waals surface area (Å²) >= 11 is 0. The standard InChI is InChI=1S/C16H22F2O5/c1-14(17,18)12(20)23-16-7-10-4-11(8-16)6-15(5-10,9-16)13(21)22-3-2-19/h10-11,19H,2-9H2,1H3. The second-order valence-corrected chi connectivity index (χ2v) is 7.56. The molecule has 4 saturated carbocycles. The van der Waals surface area contributed by atoms with E-state index in [2.05, 4.69) is 0 Å². The number of carbonyl (C=O) groups is 2. The van der Waals surface area contributed by atoms with Crippen molar-refractivity contribution in [3.8, 4) is 0 Å². The molecule has 0 aliphatic heterocycles. The van der Waals surface area contributed by atoms with Crippen LogP contribution < -0.4 is 0 Å². The van der Waals surface area contributed by atoms with Crippen LogP contribution in [0, 0.1) is 17.3 Å². The number of halogens is 2. The van der Waals surface area contributed by atoms with E-state index < -0.39 is 28.9 Å². The highest BCUT2D eigenvalue weighted by Gasteiger charge is 2.63. The molecular formula is C16H22F2O5. The number of hydrogen-bond acceptors (Lipinski definition) is 5. The van der Waals surface area contributed by atoms with Gasteiger partial charge in [0.1, 0.15) is 12.2 Å². The molecule has 0 radical (unpaired) electrons. The topological polar surface area (TPSA) is 72.8 Å². The first-order chi connectivity index (χ1) is 10.7. The van der Waals surface area contributed by atoms with Gasteiger partial charge in [-0.05, 0) is 43.9 Å². The minimum absolute atomic E-state index is 0.0737. The molecule has 4 aliphatic rings. The largest absolute Gasteiger partial charge is 0.463 e. The summed E-state index contributed by atoms with van der Waals surface area (Å²) in [5, 5.41) is 8.83. The van der Waals surface area contributed by atoms with Crippen molar-refractivity contribution < 1.29 is 33.0 Å². The Balaban J connectivity index is 1.81. The highest BCUT2D eigenvalue weighted by atomic mass is 19.3. The van der Waals surface area contributed by atoms with Crippen LogP contribution in [0.4, 0.5) is 8.78 Å². The molecule has 0 aromatic heterocycles. The lowest BCUT2D eigenvalue weighted by atomic mass is 9.48. The van der Waals surface area contributed by atoms with E-state index in [4.69, 9.17) is 14.6 Å². The van der Waals surface area contributed by atoms with E-state index in [0.29, 0.717) is 32.6 Å². The van der Waals surface area contributed by atoms with Gasteiger partial charge in [0.15, 0.2) is 0 Å². The lowest BCUT2D eigenvalue weighted by molar-refractivity contribution is -0.225. The Morgan fingerprint density at radius 3 is 2.35 bits per heavy atom. The van der Waals surface area contributed by atoms with Crippen LogP contribution in [0.2, 0.25) is 0 Å². The molecule has 130 valence electrons. The summed E-state index contributed by atoms with van der Waals surface area (Å²) < 4.78 is 36.8. The zero-order chi connectivity index (χ0) is 16.9. The quantitative estimate of drug-likeness (QED) is 0.780. The summed E-state index contributed by atoms with van der Waals surface area (Å²) in [6, 6.07) is 0. The van der Waals surface area contributed by atoms with Crippen LogP contribution in [0.25, 0.3) is 0 Å². The Morgan fingerprint density at radius 2 is 1.83 bits per heavy atom. The van der Waals surface area contributed by atoms with Crippen molar-refractivity contribution in [1.29, 1.82) is 0 Å². The first-order valence-electron chi connectivity index (χ1n) is 8.07. The monoisotopic (exact) mass is 332 g/mol. The molecule has 0 heterocycles. The van der Waals surface area contributed by atoms with Gasteiger partial charge in [-0.15, -0.1) is 0 Å². The fourth-order valence-electron chi connectivity index (χ4n) is 5.11. The van der Waals surface area contributed by atoms with Gasteiger partial charge in [-0.2, -0.15) is 8.78 Å². The van der Waals surface area contributed by atoms with Crippen molar-refractivity contribution >= 4 is 11.9 Å². The fraction of sp³-hybridized carbons (Fsp3) is 0.875. The number of ether oxygens (including phenoxy) is 2. The third kappa shape index (κ3) is 2.95. The number of alkyl halides is 2. The molecule has 0 spiro atoms. The molecule has 0 amide bonds. The van der Waals surface area contributed by atoms with Gasteiger partial charge in [0.05, 0.1) is 12.0 Å². The molecule has 2 unspecified atom stereocenters. The Labute approximate surface area is 133 Å². The Kier molecular flexibility index (Phi) is 3.90. The normalized spacial score (nSPS) is 38.4. The number of esters is 2. The average molecular weight is 332 g/mol. The first kappa shape index (κ1) is 16.6. The van der Waals surface area contributed by atoms with E-state index >= 15 is 0 Å². The smallest absolute Gasteiger partial charge is 0.377 e. The minimum atomic E-state index is -3.53. The van der Waals surface area contributed by atoms with E-state index in [1.54, 1.807) is 0 Å². The van der Waals surface area contributed by atoms with Gasteiger partial charge in [0, 0.05) is 13.3 Å². The van der Waals surface area contributed by atoms with Gasteiger partial charge in [-0.25, -0.2) is 4.79 Å². The summed E-state index contributed by atoms with van der Waals surface area (Å²) in [5.74, 6) is -5.07. The highest BCUT2D eigenvalue weighted by Crippen LogP contribution is 2.63. The van der Waals surface area contributed by atoms with E-state index in [1.807, 2.05) is 0 Å². The maximum absolute atomic E-state index is 13.2. The van der Waals surface area contributed by atoms with Crippen molar-refractivity contribution in [2.75, 3.05) is 13.2 Å². The molecule has 4 aliphatic carbocycles. The number of aliphatic hydroxyl groups is 1. The van der Waals surface area contributed by atoms with Crippen LogP contribution in [0.5, 0.6) is 0 Å². The van der Waals surface area contributed by atoms with Gasteiger partial charge in [0.2, 0.25) is 0 Å². The Morgan fingerprint density at radius 1 is 1.22 bits per heavy atom. The van der Waals surface area contributed by atoms with Gasteiger partial charge in [0.25, 0.3) is 0 Å². The van der Waals surface area contributed by atoms with Crippen LogP contribution in [-0.2, 0) is 19.1 Å². The van der Waals surface area contributed by atoms with Crippen molar-refractivity contribution in [3.63, 3.8) is 0 Å². The number of rotatable bonds is 5. The zero-order valence-electron chi connectivity index (χ0n) is 13.1. The molecule has 0 aromatic rings. The summed E-state index contributed by atoms with van der Waals surface area (Å²) in [5.41, 5.74) is -1.73. The molecular weight excluding hydrogens is 310 g/mol. The Bertz CT molecular complexity index is 499. The van der Waals surface area contributed by atoms with Gasteiger partial charge < -0.3 is 14.6 Å². The fourth-order valence-corrected chi connectivity index (χ4v) is 5.11. The van der Waals surface area contributed by atoms with Crippen LogP contribution in [-0.4, -0.2) is 41.8 Å². The Hall–Kier alpha value is -1.24. The van der Waals surface area contributed by atoms with E-state index in [0.717, 1.165) is 6.42 Å². The molecule has 1 N–H and O–H groups in total. The molecule has 4 rings (SSSR count). The SMILES string of the molecule is CC(F)(F)C(=O)OC12CC3CC(C1)CC(C(=O)OCCO)(C3)C2. The summed E-state index contributed by atoms with van der Waals surface area (Å²) in [6.45, 7) is 0.202. The first-order valence-corrected chi connectivity index (χ1v) is 8.07. The summed E-state index contributed by atoms with van der Waals surface area (Å²) in [6.07, 6.45) is 3.57. The predicted molar refractivity (Wildman–Crippen MR) is 74.6 cm³/mol. The van der Waals surface area contributed by atoms with E-state index in [-0.39, 0.29) is 31.5 Å². The molecule has 4 fully saturated rings. The lowest BCUT2D eigenvalue weighted by Gasteiger charge is -2.59. The van der Waals surface area contributed by atoms with Gasteiger partial charge in [-0.3, -0.25) is 4.79 Å². The van der Waals surface area contributed by atoms with Crippen LogP contribution in [0.15, 0.2) is 0 Å². The predicted octanol–water partition coefficient (Wildman–Crippen LogP) is 2.06. The van der Waals surface area contributed by atoms with E-state index in [9.17, 15) is 18.4 Å². The van der Waals surface area contributed by atoms with E-state index in [1.165, 1.54) is 0 Å². The maximum atomic E-state index is 13.2. The molecule has 2 atom stereocenters. The second-order valence-electron chi connectivity index (χ2n) is 7.56. The third-order valence-corrected chi connectivity index (χ3v) is 5.43. The van der Waals surface area contributed by atoms with Crippen LogP contribution in [0.3, 0.4) is 0 Å². The number of carbonyl (C=O) groups excluding carboxylic acids is 2. The molecule has 5 nitrogen and oxygen atoms in total. The lowest BCUT2D eigenvalue weighted by Crippen LogP contribution is -2.60. The molecule has 7 heteroatoms. The zero-order valence-corrected chi connectivity index (χ0v) is 13.1. The molecule has 4 bridgehead atoms. The van der Waals surface area contributed by atoms with Crippen molar-refractivity contribution in [1.82, 2.24) is 0 Å². The summed E-state index contributed by atoms with van der Waals surface area (Å²) in [7, 11) is 0. The minimum Gasteiger partial charge on any atom is -0.463 e. The second kappa shape index (κ2) is 5.40. The molecule has 0 saturated heterocycles. The molecule has 0 aromatic carbocycles. The molecule has 23 heavy (non-hydrogen) atoms. The van der Waals surface area contributed by atoms with Crippen molar-refractivity contribution in [2.24, 2.45) is 17.3 Å². The van der Waals surface area contributed by atoms with Gasteiger partial charge >= 0.3 is 17.9 Å². The third-order valence-electron chi connectivity index (χ3n) is 5.43. The van der Waals surface area contributed by atoms with Crippen molar-refractivity contribution in [3.05, 3.63) is 0 Å². The number of hydrogen-bond donors (Lipinski definition) is 1. The highest BCUT2D eigenvalue weighted by molar-refractivity contribution is 5.79. The van der Waals surface area contributed by atoms with Crippen molar-refractivity contribution in [2.45, 2.75) is 57.0 Å². The van der Waals surface area contributed by atoms with Crippen LogP contribution >= 0.6 is 0 Å². The van der Waals surface area contributed by atoms with Crippen LogP contribution in [0.1, 0.15) is 45.4 Å².